The van der Waals surface area contributed by atoms with Gasteiger partial charge < -0.3 is 5.32 Å². The van der Waals surface area contributed by atoms with Crippen molar-refractivity contribution in [2.24, 2.45) is 0 Å². The Morgan fingerprint density at radius 1 is 1.56 bits per heavy atom. The summed E-state index contributed by atoms with van der Waals surface area (Å²) in [4.78, 5) is 16.2. The van der Waals surface area contributed by atoms with Crippen LogP contribution < -0.4 is 5.32 Å². The predicted molar refractivity (Wildman–Crippen MR) is 63.7 cm³/mol. The highest BCUT2D eigenvalue weighted by molar-refractivity contribution is 7.05. The SMILES string of the molecule is CC(C)(C)c1nsc(CC(=O)[C@@H]2CCN2)n1. The van der Waals surface area contributed by atoms with E-state index in [0.29, 0.717) is 6.42 Å². The number of nitrogens with one attached hydrogen (secondary N) is 1. The number of carbonyl (C=O) groups excluding carboxylic acids is 1. The van der Waals surface area contributed by atoms with Gasteiger partial charge in [-0.3, -0.25) is 4.79 Å². The van der Waals surface area contributed by atoms with E-state index in [2.05, 4.69) is 35.4 Å². The number of hydrogen-bond donors (Lipinski definition) is 1. The molecular weight excluding hydrogens is 222 g/mol. The maximum Gasteiger partial charge on any atom is 0.156 e. The van der Waals surface area contributed by atoms with Crippen LogP contribution in [0.1, 0.15) is 38.0 Å². The first kappa shape index (κ1) is 11.7. The van der Waals surface area contributed by atoms with Crippen LogP contribution in [-0.2, 0) is 16.6 Å². The zero-order valence-electron chi connectivity index (χ0n) is 9.91. The summed E-state index contributed by atoms with van der Waals surface area (Å²) < 4.78 is 4.30. The van der Waals surface area contributed by atoms with E-state index in [1.54, 1.807) is 0 Å². The summed E-state index contributed by atoms with van der Waals surface area (Å²) >= 11 is 1.35. The van der Waals surface area contributed by atoms with Crippen LogP contribution in [0.2, 0.25) is 0 Å². The van der Waals surface area contributed by atoms with Crippen molar-refractivity contribution in [3.8, 4) is 0 Å². The Hall–Kier alpha value is -0.810. The molecule has 0 radical (unpaired) electrons. The Morgan fingerprint density at radius 3 is 2.69 bits per heavy atom. The van der Waals surface area contributed by atoms with Crippen LogP contribution in [-0.4, -0.2) is 27.7 Å². The van der Waals surface area contributed by atoms with Crippen LogP contribution in [0.4, 0.5) is 0 Å². The van der Waals surface area contributed by atoms with Crippen molar-refractivity contribution in [3.63, 3.8) is 0 Å². The van der Waals surface area contributed by atoms with E-state index < -0.39 is 0 Å². The molecule has 1 aromatic rings. The lowest BCUT2D eigenvalue weighted by Gasteiger charge is -2.25. The maximum atomic E-state index is 11.7. The summed E-state index contributed by atoms with van der Waals surface area (Å²) in [7, 11) is 0. The second-order valence-corrected chi connectivity index (χ2v) is 6.04. The number of carbonyl (C=O) groups is 1. The van der Waals surface area contributed by atoms with Gasteiger partial charge in [-0.25, -0.2) is 4.98 Å². The molecule has 0 aliphatic carbocycles. The summed E-state index contributed by atoms with van der Waals surface area (Å²) in [6, 6.07) is 0.0574. The summed E-state index contributed by atoms with van der Waals surface area (Å²) in [5, 5.41) is 3.95. The molecule has 2 rings (SSSR count). The number of rotatable bonds is 3. The van der Waals surface area contributed by atoms with Crippen molar-refractivity contribution in [1.29, 1.82) is 0 Å². The number of aromatic nitrogens is 2. The van der Waals surface area contributed by atoms with Gasteiger partial charge in [-0.15, -0.1) is 0 Å². The van der Waals surface area contributed by atoms with Gasteiger partial charge in [-0.1, -0.05) is 20.8 Å². The Labute approximate surface area is 99.6 Å². The van der Waals surface area contributed by atoms with E-state index in [-0.39, 0.29) is 17.2 Å². The third-order valence-corrected chi connectivity index (χ3v) is 3.39. The molecule has 1 aliphatic rings. The lowest BCUT2D eigenvalue weighted by molar-refractivity contribution is -0.121. The molecule has 0 unspecified atom stereocenters. The molecule has 0 amide bonds. The minimum Gasteiger partial charge on any atom is -0.307 e. The minimum absolute atomic E-state index is 0.0352. The Kier molecular flexibility index (Phi) is 3.08. The first-order chi connectivity index (χ1) is 7.47. The zero-order chi connectivity index (χ0) is 11.8. The Bertz CT molecular complexity index is 390. The molecule has 1 aromatic heterocycles. The molecule has 1 fully saturated rings. The van der Waals surface area contributed by atoms with Crippen LogP contribution in [0.5, 0.6) is 0 Å². The Balaban J connectivity index is 1.99. The molecule has 0 spiro atoms. The number of hydrogen-bond acceptors (Lipinski definition) is 5. The lowest BCUT2D eigenvalue weighted by atomic mass is 9.96. The van der Waals surface area contributed by atoms with Gasteiger partial charge in [0.1, 0.15) is 10.8 Å². The quantitative estimate of drug-likeness (QED) is 0.864. The molecule has 1 aliphatic heterocycles. The van der Waals surface area contributed by atoms with Crippen LogP contribution in [0.25, 0.3) is 0 Å². The van der Waals surface area contributed by atoms with Crippen molar-refractivity contribution >= 4 is 17.3 Å². The monoisotopic (exact) mass is 239 g/mol. The molecule has 5 heteroatoms. The fourth-order valence-corrected chi connectivity index (χ4v) is 2.31. The normalized spacial score (nSPS) is 20.6. The maximum absolute atomic E-state index is 11.7. The van der Waals surface area contributed by atoms with Crippen LogP contribution >= 0.6 is 11.5 Å². The molecule has 1 atom stereocenters. The van der Waals surface area contributed by atoms with Gasteiger partial charge in [0, 0.05) is 5.41 Å². The molecule has 1 N–H and O–H groups in total. The van der Waals surface area contributed by atoms with E-state index in [0.717, 1.165) is 23.8 Å². The van der Waals surface area contributed by atoms with Gasteiger partial charge in [0.25, 0.3) is 0 Å². The molecular formula is C11H17N3OS. The third-order valence-electron chi connectivity index (χ3n) is 2.68. The highest BCUT2D eigenvalue weighted by atomic mass is 32.1. The second-order valence-electron chi connectivity index (χ2n) is 5.20. The summed E-state index contributed by atoms with van der Waals surface area (Å²) in [5.74, 6) is 1.07. The topological polar surface area (TPSA) is 54.9 Å². The molecule has 88 valence electrons. The number of ketones is 1. The van der Waals surface area contributed by atoms with Gasteiger partial charge in [0.2, 0.25) is 0 Å². The van der Waals surface area contributed by atoms with E-state index in [1.807, 2.05) is 0 Å². The van der Waals surface area contributed by atoms with Gasteiger partial charge >= 0.3 is 0 Å². The van der Waals surface area contributed by atoms with E-state index in [1.165, 1.54) is 11.5 Å². The third kappa shape index (κ3) is 2.47. The highest BCUT2D eigenvalue weighted by Crippen LogP contribution is 2.21. The molecule has 0 bridgehead atoms. The smallest absolute Gasteiger partial charge is 0.156 e. The van der Waals surface area contributed by atoms with Crippen molar-refractivity contribution < 1.29 is 4.79 Å². The molecule has 0 saturated carbocycles. The van der Waals surface area contributed by atoms with E-state index in [4.69, 9.17) is 0 Å². The van der Waals surface area contributed by atoms with Gasteiger partial charge in [0.05, 0.1) is 12.5 Å². The standard InChI is InChI=1S/C11H17N3OS/c1-11(2,3)10-13-9(16-14-10)6-8(15)7-4-5-12-7/h7,12H,4-6H2,1-3H3/t7-/m0/s1. The van der Waals surface area contributed by atoms with E-state index in [9.17, 15) is 4.79 Å². The largest absolute Gasteiger partial charge is 0.307 e. The summed E-state index contributed by atoms with van der Waals surface area (Å²) in [6.45, 7) is 7.19. The average Bonchev–Trinajstić information content (AvgIpc) is 2.47. The van der Waals surface area contributed by atoms with E-state index >= 15 is 0 Å². The van der Waals surface area contributed by atoms with Crippen molar-refractivity contribution in [1.82, 2.24) is 14.7 Å². The van der Waals surface area contributed by atoms with Gasteiger partial charge in [0.15, 0.2) is 5.78 Å². The van der Waals surface area contributed by atoms with Crippen LogP contribution in [0.3, 0.4) is 0 Å². The lowest BCUT2D eigenvalue weighted by Crippen LogP contribution is -2.49. The summed E-state index contributed by atoms with van der Waals surface area (Å²) in [6.07, 6.45) is 1.38. The van der Waals surface area contributed by atoms with Crippen LogP contribution in [0.15, 0.2) is 0 Å². The zero-order valence-corrected chi connectivity index (χ0v) is 10.7. The molecule has 16 heavy (non-hydrogen) atoms. The van der Waals surface area contributed by atoms with Crippen molar-refractivity contribution in [2.45, 2.75) is 45.1 Å². The molecule has 1 saturated heterocycles. The first-order valence-electron chi connectivity index (χ1n) is 5.56. The second kappa shape index (κ2) is 4.22. The molecule has 2 heterocycles. The van der Waals surface area contributed by atoms with Crippen molar-refractivity contribution in [3.05, 3.63) is 10.8 Å². The fraction of sp³-hybridized carbons (Fsp3) is 0.727. The number of Topliss-reactive ketones (excluding diaryl/α,β-unsaturated/α-hetero) is 1. The molecule has 0 aromatic carbocycles. The van der Waals surface area contributed by atoms with Crippen LogP contribution in [0, 0.1) is 0 Å². The van der Waals surface area contributed by atoms with Gasteiger partial charge in [-0.05, 0) is 24.5 Å². The highest BCUT2D eigenvalue weighted by Gasteiger charge is 2.26. The predicted octanol–water partition coefficient (Wildman–Crippen LogP) is 1.31. The summed E-state index contributed by atoms with van der Waals surface area (Å²) in [5.41, 5.74) is -0.0352. The first-order valence-corrected chi connectivity index (χ1v) is 6.33. The minimum atomic E-state index is -0.0352. The molecule has 4 nitrogen and oxygen atoms in total. The van der Waals surface area contributed by atoms with Crippen molar-refractivity contribution in [2.75, 3.05) is 6.54 Å². The fourth-order valence-electron chi connectivity index (χ4n) is 1.47. The van der Waals surface area contributed by atoms with Gasteiger partial charge in [-0.2, -0.15) is 4.37 Å². The Morgan fingerprint density at radius 2 is 2.25 bits per heavy atom. The average molecular weight is 239 g/mol. The number of nitrogens with zero attached hydrogens (tertiary/aromatic N) is 2.